The summed E-state index contributed by atoms with van der Waals surface area (Å²) >= 11 is 0. The lowest BCUT2D eigenvalue weighted by atomic mass is 9.78. The number of halogens is 1. The zero-order valence-corrected chi connectivity index (χ0v) is 20.0. The first-order valence-corrected chi connectivity index (χ1v) is 12.7. The highest BCUT2D eigenvalue weighted by atomic mass is 32.2. The molecule has 1 amide bonds. The van der Waals surface area contributed by atoms with Crippen LogP contribution in [0.5, 0.6) is 0 Å². The number of benzene rings is 2. The van der Waals surface area contributed by atoms with Crippen LogP contribution in [0.3, 0.4) is 0 Å². The highest BCUT2D eigenvalue weighted by molar-refractivity contribution is 7.89. The molecule has 0 radical (unpaired) electrons. The van der Waals surface area contributed by atoms with Gasteiger partial charge in [-0.25, -0.2) is 12.8 Å². The summed E-state index contributed by atoms with van der Waals surface area (Å²) in [5.74, 6) is 0.0294. The van der Waals surface area contributed by atoms with Gasteiger partial charge in [0.05, 0.1) is 4.90 Å². The van der Waals surface area contributed by atoms with E-state index >= 15 is 0 Å². The molecule has 1 atom stereocenters. The Kier molecular flexibility index (Phi) is 5.92. The van der Waals surface area contributed by atoms with Crippen molar-refractivity contribution in [2.45, 2.75) is 63.4 Å². The Labute approximate surface area is 190 Å². The van der Waals surface area contributed by atoms with Crippen molar-refractivity contribution in [2.75, 3.05) is 13.1 Å². The maximum Gasteiger partial charge on any atom is 0.243 e. The Morgan fingerprint density at radius 2 is 1.84 bits per heavy atom. The van der Waals surface area contributed by atoms with E-state index in [0.29, 0.717) is 19.6 Å². The normalized spacial score (nSPS) is 19.0. The van der Waals surface area contributed by atoms with Gasteiger partial charge < -0.3 is 4.90 Å². The van der Waals surface area contributed by atoms with E-state index in [4.69, 9.17) is 0 Å². The first-order valence-electron chi connectivity index (χ1n) is 11.2. The van der Waals surface area contributed by atoms with Crippen LogP contribution in [0.25, 0.3) is 0 Å². The Morgan fingerprint density at radius 1 is 1.19 bits per heavy atom. The van der Waals surface area contributed by atoms with E-state index in [1.165, 1.54) is 16.4 Å². The predicted octanol–water partition coefficient (Wildman–Crippen LogP) is 4.63. The molecule has 0 N–H and O–H groups in total. The van der Waals surface area contributed by atoms with Crippen LogP contribution in [0.15, 0.2) is 47.4 Å². The number of amides is 1. The fourth-order valence-corrected chi connectivity index (χ4v) is 6.40. The largest absolute Gasteiger partial charge is 0.337 e. The number of hydrogen-bond acceptors (Lipinski definition) is 3. The standard InChI is InChI=1S/C25H31FN2O3S/c1-5-28(17(2)18-8-11-21(26)12-9-18)32(30,31)22-13-10-20-15-27(24(29)19-6-7-19)16-25(3,4)23(20)14-22/h8-14,17,19H,5-7,15-16H2,1-4H3. The summed E-state index contributed by atoms with van der Waals surface area (Å²) in [6, 6.07) is 10.8. The summed E-state index contributed by atoms with van der Waals surface area (Å²) in [5.41, 5.74) is 2.38. The van der Waals surface area contributed by atoms with Gasteiger partial charge in [0.2, 0.25) is 15.9 Å². The van der Waals surface area contributed by atoms with E-state index in [1.807, 2.05) is 17.9 Å². The molecule has 0 spiro atoms. The third-order valence-electron chi connectivity index (χ3n) is 6.70. The second-order valence-electron chi connectivity index (χ2n) is 9.61. The van der Waals surface area contributed by atoms with E-state index < -0.39 is 16.1 Å². The third-order valence-corrected chi connectivity index (χ3v) is 8.74. The van der Waals surface area contributed by atoms with Crippen LogP contribution in [0.4, 0.5) is 4.39 Å². The fourth-order valence-electron chi connectivity index (χ4n) is 4.75. The number of carbonyl (C=O) groups is 1. The minimum absolute atomic E-state index is 0.165. The molecule has 2 aliphatic rings. The van der Waals surface area contributed by atoms with Gasteiger partial charge in [-0.15, -0.1) is 0 Å². The fraction of sp³-hybridized carbons (Fsp3) is 0.480. The van der Waals surface area contributed by atoms with Gasteiger partial charge in [-0.05, 0) is 60.7 Å². The maximum absolute atomic E-state index is 13.6. The number of sulfonamides is 1. The molecule has 5 nitrogen and oxygen atoms in total. The number of rotatable bonds is 6. The highest BCUT2D eigenvalue weighted by Crippen LogP contribution is 2.39. The average Bonchev–Trinajstić information content (AvgIpc) is 3.58. The van der Waals surface area contributed by atoms with Gasteiger partial charge in [0.1, 0.15) is 5.82 Å². The number of nitrogens with zero attached hydrogens (tertiary/aromatic N) is 2. The van der Waals surface area contributed by atoms with Crippen molar-refractivity contribution in [3.8, 4) is 0 Å². The summed E-state index contributed by atoms with van der Waals surface area (Å²) in [6.45, 7) is 9.16. The van der Waals surface area contributed by atoms with Crippen molar-refractivity contribution in [3.63, 3.8) is 0 Å². The second-order valence-corrected chi connectivity index (χ2v) is 11.5. The van der Waals surface area contributed by atoms with E-state index in [1.54, 1.807) is 31.2 Å². The lowest BCUT2D eigenvalue weighted by Gasteiger charge is -2.40. The number of fused-ring (bicyclic) bond motifs is 1. The minimum Gasteiger partial charge on any atom is -0.337 e. The Hall–Kier alpha value is -2.25. The van der Waals surface area contributed by atoms with Crippen molar-refractivity contribution < 1.29 is 17.6 Å². The first-order chi connectivity index (χ1) is 15.0. The van der Waals surface area contributed by atoms with Crippen molar-refractivity contribution in [3.05, 3.63) is 65.0 Å². The molecule has 1 aliphatic carbocycles. The van der Waals surface area contributed by atoms with Crippen LogP contribution in [0.1, 0.15) is 63.3 Å². The van der Waals surface area contributed by atoms with Gasteiger partial charge >= 0.3 is 0 Å². The van der Waals surface area contributed by atoms with Crippen molar-refractivity contribution >= 4 is 15.9 Å². The lowest BCUT2D eigenvalue weighted by molar-refractivity contribution is -0.134. The van der Waals surface area contributed by atoms with Crippen LogP contribution in [-0.4, -0.2) is 36.6 Å². The first kappa shape index (κ1) is 22.9. The SMILES string of the molecule is CCN(C(C)c1ccc(F)cc1)S(=O)(=O)c1ccc2c(c1)C(C)(C)CN(C(=O)C1CC1)C2. The summed E-state index contributed by atoms with van der Waals surface area (Å²) in [5, 5.41) is 0. The van der Waals surface area contributed by atoms with E-state index in [-0.39, 0.29) is 28.0 Å². The molecule has 2 aromatic rings. The lowest BCUT2D eigenvalue weighted by Crippen LogP contribution is -2.45. The van der Waals surface area contributed by atoms with E-state index in [9.17, 15) is 17.6 Å². The smallest absolute Gasteiger partial charge is 0.243 e. The number of hydrogen-bond donors (Lipinski definition) is 0. The molecule has 2 aromatic carbocycles. The zero-order chi connectivity index (χ0) is 23.3. The Bertz CT molecular complexity index is 1120. The van der Waals surface area contributed by atoms with E-state index in [2.05, 4.69) is 13.8 Å². The highest BCUT2D eigenvalue weighted by Gasteiger charge is 2.40. The molecule has 1 aliphatic heterocycles. The molecule has 172 valence electrons. The summed E-state index contributed by atoms with van der Waals surface area (Å²) in [4.78, 5) is 14.8. The predicted molar refractivity (Wildman–Crippen MR) is 122 cm³/mol. The molecule has 1 fully saturated rings. The topological polar surface area (TPSA) is 57.7 Å². The van der Waals surface area contributed by atoms with Crippen molar-refractivity contribution in [1.82, 2.24) is 9.21 Å². The number of carbonyl (C=O) groups excluding carboxylic acids is 1. The molecule has 7 heteroatoms. The molecular weight excluding hydrogens is 427 g/mol. The maximum atomic E-state index is 13.6. The zero-order valence-electron chi connectivity index (χ0n) is 19.1. The van der Waals surface area contributed by atoms with Gasteiger partial charge in [0.25, 0.3) is 0 Å². The van der Waals surface area contributed by atoms with Crippen LogP contribution >= 0.6 is 0 Å². The summed E-state index contributed by atoms with van der Waals surface area (Å²) < 4.78 is 42.0. The van der Waals surface area contributed by atoms with Crippen LogP contribution in [0, 0.1) is 11.7 Å². The monoisotopic (exact) mass is 458 g/mol. The molecule has 0 saturated heterocycles. The van der Waals surface area contributed by atoms with Crippen LogP contribution < -0.4 is 0 Å². The third kappa shape index (κ3) is 4.20. The molecule has 1 unspecified atom stereocenters. The van der Waals surface area contributed by atoms with Crippen molar-refractivity contribution in [2.24, 2.45) is 5.92 Å². The molecule has 4 rings (SSSR count). The average molecular weight is 459 g/mol. The Balaban J connectivity index is 1.66. The van der Waals surface area contributed by atoms with Gasteiger partial charge in [-0.1, -0.05) is 39.0 Å². The summed E-state index contributed by atoms with van der Waals surface area (Å²) in [6.07, 6.45) is 1.94. The minimum atomic E-state index is -3.77. The van der Waals surface area contributed by atoms with Crippen molar-refractivity contribution in [1.29, 1.82) is 0 Å². The Morgan fingerprint density at radius 3 is 2.44 bits per heavy atom. The van der Waals surface area contributed by atoms with Gasteiger partial charge in [-0.2, -0.15) is 4.31 Å². The van der Waals surface area contributed by atoms with E-state index in [0.717, 1.165) is 29.5 Å². The van der Waals surface area contributed by atoms with Crippen LogP contribution in [0.2, 0.25) is 0 Å². The summed E-state index contributed by atoms with van der Waals surface area (Å²) in [7, 11) is -3.77. The second kappa shape index (κ2) is 8.27. The molecule has 0 aromatic heterocycles. The molecule has 32 heavy (non-hydrogen) atoms. The molecule has 1 saturated carbocycles. The quantitative estimate of drug-likeness (QED) is 0.634. The molecule has 1 heterocycles. The van der Waals surface area contributed by atoms with Gasteiger partial charge in [0, 0.05) is 37.0 Å². The van der Waals surface area contributed by atoms with Gasteiger partial charge in [0.15, 0.2) is 0 Å². The van der Waals surface area contributed by atoms with Crippen LogP contribution in [-0.2, 0) is 26.8 Å². The van der Waals surface area contributed by atoms with Gasteiger partial charge in [-0.3, -0.25) is 4.79 Å². The molecular formula is C25H31FN2O3S. The molecule has 0 bridgehead atoms.